The van der Waals surface area contributed by atoms with Crippen LogP contribution in [0, 0.1) is 0 Å². The number of aliphatic imine (C=N–C) groups is 1. The maximum absolute atomic E-state index is 5.68. The van der Waals surface area contributed by atoms with Gasteiger partial charge in [0.05, 0.1) is 13.1 Å². The molecule has 0 saturated carbocycles. The topological polar surface area (TPSA) is 63.5 Å². The standard InChI is InChI=1S/C21H25N5O.HI/c1-22-21(24-13-15-27-19-10-6-3-7-11-19)25-16-20-23-12-14-26(20)17-18-8-4-2-5-9-18;/h2-12,14H,13,15-17H2,1H3,(H2,22,24,25);1H. The maximum Gasteiger partial charge on any atom is 0.191 e. The summed E-state index contributed by atoms with van der Waals surface area (Å²) in [6.45, 7) is 2.62. The number of para-hydroxylation sites is 1. The molecule has 0 spiro atoms. The van der Waals surface area contributed by atoms with E-state index >= 15 is 0 Å². The van der Waals surface area contributed by atoms with E-state index in [1.165, 1.54) is 5.56 Å². The molecule has 3 rings (SSSR count). The lowest BCUT2D eigenvalue weighted by molar-refractivity contribution is 0.322. The monoisotopic (exact) mass is 491 g/mol. The predicted octanol–water partition coefficient (Wildman–Crippen LogP) is 3.29. The zero-order valence-electron chi connectivity index (χ0n) is 15.9. The Kier molecular flexibility index (Phi) is 9.33. The van der Waals surface area contributed by atoms with Crippen molar-refractivity contribution in [3.63, 3.8) is 0 Å². The van der Waals surface area contributed by atoms with Crippen LogP contribution in [0.4, 0.5) is 0 Å². The Hall–Kier alpha value is -2.55. The van der Waals surface area contributed by atoms with Crippen molar-refractivity contribution in [2.45, 2.75) is 13.1 Å². The Morgan fingerprint density at radius 2 is 1.75 bits per heavy atom. The van der Waals surface area contributed by atoms with E-state index in [4.69, 9.17) is 4.74 Å². The Labute approximate surface area is 183 Å². The lowest BCUT2D eigenvalue weighted by Gasteiger charge is -2.13. The molecule has 0 radical (unpaired) electrons. The summed E-state index contributed by atoms with van der Waals surface area (Å²) in [5.41, 5.74) is 1.25. The van der Waals surface area contributed by atoms with Crippen molar-refractivity contribution in [1.29, 1.82) is 0 Å². The SMILES string of the molecule is CN=C(NCCOc1ccccc1)NCc1nccn1Cc1ccccc1.I. The minimum Gasteiger partial charge on any atom is -0.492 e. The van der Waals surface area contributed by atoms with Crippen molar-refractivity contribution in [2.75, 3.05) is 20.2 Å². The Morgan fingerprint density at radius 3 is 2.46 bits per heavy atom. The molecular formula is C21H26IN5O. The summed E-state index contributed by atoms with van der Waals surface area (Å²) in [7, 11) is 1.75. The van der Waals surface area contributed by atoms with Crippen LogP contribution in [-0.4, -0.2) is 35.7 Å². The van der Waals surface area contributed by atoms with Crippen molar-refractivity contribution < 1.29 is 4.74 Å². The first-order valence-corrected chi connectivity index (χ1v) is 9.01. The highest BCUT2D eigenvalue weighted by Gasteiger charge is 2.05. The van der Waals surface area contributed by atoms with Gasteiger partial charge >= 0.3 is 0 Å². The Balaban J connectivity index is 0.00000280. The second-order valence-corrected chi connectivity index (χ2v) is 5.97. The molecule has 2 aromatic carbocycles. The van der Waals surface area contributed by atoms with E-state index < -0.39 is 0 Å². The largest absolute Gasteiger partial charge is 0.492 e. The average Bonchev–Trinajstić information content (AvgIpc) is 3.16. The van der Waals surface area contributed by atoms with E-state index in [-0.39, 0.29) is 24.0 Å². The number of hydrogen-bond acceptors (Lipinski definition) is 3. The van der Waals surface area contributed by atoms with E-state index in [9.17, 15) is 0 Å². The molecule has 148 valence electrons. The van der Waals surface area contributed by atoms with Crippen LogP contribution in [0.25, 0.3) is 0 Å². The fraction of sp³-hybridized carbons (Fsp3) is 0.238. The van der Waals surface area contributed by atoms with Crippen molar-refractivity contribution in [1.82, 2.24) is 20.2 Å². The second kappa shape index (κ2) is 12.0. The zero-order valence-corrected chi connectivity index (χ0v) is 18.2. The molecule has 0 aliphatic rings. The number of rotatable bonds is 8. The molecule has 7 heteroatoms. The first-order valence-electron chi connectivity index (χ1n) is 9.01. The molecule has 0 aliphatic carbocycles. The highest BCUT2D eigenvalue weighted by molar-refractivity contribution is 14.0. The van der Waals surface area contributed by atoms with E-state index in [1.54, 1.807) is 7.05 Å². The number of guanidine groups is 1. The van der Waals surface area contributed by atoms with Crippen molar-refractivity contribution >= 4 is 29.9 Å². The average molecular weight is 491 g/mol. The minimum atomic E-state index is 0. The van der Waals surface area contributed by atoms with Gasteiger partial charge in [0.2, 0.25) is 0 Å². The van der Waals surface area contributed by atoms with E-state index in [2.05, 4.69) is 37.3 Å². The second-order valence-electron chi connectivity index (χ2n) is 5.97. The lowest BCUT2D eigenvalue weighted by atomic mass is 10.2. The number of aromatic nitrogens is 2. The summed E-state index contributed by atoms with van der Waals surface area (Å²) in [6.07, 6.45) is 3.82. The van der Waals surface area contributed by atoms with Crippen LogP contribution < -0.4 is 15.4 Å². The molecule has 6 nitrogen and oxygen atoms in total. The fourth-order valence-electron chi connectivity index (χ4n) is 2.67. The van der Waals surface area contributed by atoms with Gasteiger partial charge in [0.15, 0.2) is 5.96 Å². The predicted molar refractivity (Wildman–Crippen MR) is 123 cm³/mol. The van der Waals surface area contributed by atoms with Crippen molar-refractivity contribution in [2.24, 2.45) is 4.99 Å². The third-order valence-corrected chi connectivity index (χ3v) is 4.04. The van der Waals surface area contributed by atoms with Crippen LogP contribution in [0.1, 0.15) is 11.4 Å². The smallest absolute Gasteiger partial charge is 0.191 e. The van der Waals surface area contributed by atoms with Crippen LogP contribution in [-0.2, 0) is 13.1 Å². The molecule has 0 amide bonds. The highest BCUT2D eigenvalue weighted by atomic mass is 127. The number of nitrogens with one attached hydrogen (secondary N) is 2. The Morgan fingerprint density at radius 1 is 1.04 bits per heavy atom. The summed E-state index contributed by atoms with van der Waals surface area (Å²) >= 11 is 0. The van der Waals surface area contributed by atoms with Crippen LogP contribution in [0.3, 0.4) is 0 Å². The number of ether oxygens (including phenoxy) is 1. The normalized spacial score (nSPS) is 10.8. The van der Waals surface area contributed by atoms with Crippen LogP contribution in [0.2, 0.25) is 0 Å². The van der Waals surface area contributed by atoms with Crippen LogP contribution >= 0.6 is 24.0 Å². The number of halogens is 1. The summed E-state index contributed by atoms with van der Waals surface area (Å²) in [6, 6.07) is 20.1. The minimum absolute atomic E-state index is 0. The van der Waals surface area contributed by atoms with Gasteiger partial charge in [-0.05, 0) is 17.7 Å². The van der Waals surface area contributed by atoms with E-state index in [0.29, 0.717) is 19.7 Å². The molecule has 0 bridgehead atoms. The third-order valence-electron chi connectivity index (χ3n) is 4.04. The highest BCUT2D eigenvalue weighted by Crippen LogP contribution is 2.07. The van der Waals surface area contributed by atoms with Crippen molar-refractivity contribution in [3.05, 3.63) is 84.4 Å². The van der Waals surface area contributed by atoms with Gasteiger partial charge in [-0.2, -0.15) is 0 Å². The van der Waals surface area contributed by atoms with Gasteiger partial charge in [-0.3, -0.25) is 4.99 Å². The van der Waals surface area contributed by atoms with Gasteiger partial charge in [-0.25, -0.2) is 4.98 Å². The van der Waals surface area contributed by atoms with Crippen molar-refractivity contribution in [3.8, 4) is 5.75 Å². The molecule has 0 unspecified atom stereocenters. The Bertz CT molecular complexity index is 836. The molecule has 0 fully saturated rings. The first kappa shape index (κ1) is 21.7. The molecule has 3 aromatic rings. The van der Waals surface area contributed by atoms with E-state index in [1.807, 2.05) is 60.9 Å². The van der Waals surface area contributed by atoms with Gasteiger partial charge in [-0.1, -0.05) is 48.5 Å². The number of imidazole rings is 1. The first-order chi connectivity index (χ1) is 13.3. The summed E-state index contributed by atoms with van der Waals surface area (Å²) in [5.74, 6) is 2.55. The zero-order chi connectivity index (χ0) is 18.7. The molecule has 0 saturated heterocycles. The molecule has 0 aliphatic heterocycles. The number of nitrogens with zero attached hydrogens (tertiary/aromatic N) is 3. The lowest BCUT2D eigenvalue weighted by Crippen LogP contribution is -2.39. The number of hydrogen-bond donors (Lipinski definition) is 2. The molecule has 1 aromatic heterocycles. The van der Waals surface area contributed by atoms with E-state index in [0.717, 1.165) is 24.1 Å². The molecule has 2 N–H and O–H groups in total. The fourth-order valence-corrected chi connectivity index (χ4v) is 2.67. The molecular weight excluding hydrogens is 465 g/mol. The number of benzene rings is 2. The van der Waals surface area contributed by atoms with Gasteiger partial charge in [0.25, 0.3) is 0 Å². The molecule has 0 atom stereocenters. The molecule has 28 heavy (non-hydrogen) atoms. The van der Waals surface area contributed by atoms with Gasteiger partial charge in [0, 0.05) is 26.0 Å². The summed E-state index contributed by atoms with van der Waals surface area (Å²) < 4.78 is 7.81. The van der Waals surface area contributed by atoms with Gasteiger partial charge in [0.1, 0.15) is 18.2 Å². The molecule has 1 heterocycles. The van der Waals surface area contributed by atoms with Crippen LogP contribution in [0.15, 0.2) is 78.0 Å². The van der Waals surface area contributed by atoms with Gasteiger partial charge < -0.3 is 19.9 Å². The summed E-state index contributed by atoms with van der Waals surface area (Å²) in [5, 5.41) is 6.54. The summed E-state index contributed by atoms with van der Waals surface area (Å²) in [4.78, 5) is 8.70. The van der Waals surface area contributed by atoms with Crippen LogP contribution in [0.5, 0.6) is 5.75 Å². The third kappa shape index (κ3) is 6.88. The quantitative estimate of drug-likeness (QED) is 0.220. The maximum atomic E-state index is 5.68. The van der Waals surface area contributed by atoms with Gasteiger partial charge in [-0.15, -0.1) is 24.0 Å².